The standard InChI is InChI=1S/C14H11N2O/c17-16-14(11-6-2-1-3-7-11)10-12-8-4-5-9-13(12)15-16/h1-10H,(H,15,17)/q+1. The van der Waals surface area contributed by atoms with Gasteiger partial charge in [0.25, 0.3) is 5.69 Å². The summed E-state index contributed by atoms with van der Waals surface area (Å²) in [6.07, 6.45) is 0. The van der Waals surface area contributed by atoms with Gasteiger partial charge in [-0.1, -0.05) is 36.4 Å². The summed E-state index contributed by atoms with van der Waals surface area (Å²) in [4.78, 5) is 11.9. The Balaban J connectivity index is 2.31. The van der Waals surface area contributed by atoms with Crippen LogP contribution in [-0.4, -0.2) is 5.10 Å². The lowest BCUT2D eigenvalue weighted by molar-refractivity contribution is -0.549. The topological polar surface area (TPSA) is 38.8 Å². The average molecular weight is 223 g/mol. The van der Waals surface area contributed by atoms with Gasteiger partial charge in [0, 0.05) is 11.5 Å². The third kappa shape index (κ3) is 1.72. The number of fused-ring (bicyclic) bond motifs is 1. The number of hydrogen-bond acceptors (Lipinski definition) is 1. The van der Waals surface area contributed by atoms with Crippen LogP contribution in [0.1, 0.15) is 0 Å². The van der Waals surface area contributed by atoms with E-state index in [1.807, 2.05) is 60.7 Å². The second-order valence-electron chi connectivity index (χ2n) is 3.89. The van der Waals surface area contributed by atoms with E-state index in [9.17, 15) is 4.91 Å². The van der Waals surface area contributed by atoms with Crippen LogP contribution < -0.4 is 4.54 Å². The Kier molecular flexibility index (Phi) is 2.22. The zero-order chi connectivity index (χ0) is 11.7. The normalized spacial score (nSPS) is 10.6. The van der Waals surface area contributed by atoms with E-state index in [0.717, 1.165) is 21.0 Å². The summed E-state index contributed by atoms with van der Waals surface area (Å²) in [5.41, 5.74) is 2.37. The average Bonchev–Trinajstić information content (AvgIpc) is 2.39. The van der Waals surface area contributed by atoms with Gasteiger partial charge in [-0.25, -0.2) is 0 Å². The second-order valence-corrected chi connectivity index (χ2v) is 3.89. The molecule has 82 valence electrons. The third-order valence-electron chi connectivity index (χ3n) is 2.76. The van der Waals surface area contributed by atoms with Crippen molar-refractivity contribution in [3.63, 3.8) is 0 Å². The Bertz CT molecular complexity index is 717. The van der Waals surface area contributed by atoms with Gasteiger partial charge in [0.15, 0.2) is 4.54 Å². The molecule has 0 spiro atoms. The molecule has 3 aromatic rings. The molecule has 2 aromatic carbocycles. The van der Waals surface area contributed by atoms with Crippen molar-refractivity contribution in [1.82, 2.24) is 5.10 Å². The number of aromatic nitrogens is 2. The first-order valence-electron chi connectivity index (χ1n) is 5.45. The number of para-hydroxylation sites is 1. The van der Waals surface area contributed by atoms with Crippen molar-refractivity contribution >= 4 is 10.9 Å². The van der Waals surface area contributed by atoms with Gasteiger partial charge in [0.05, 0.1) is 10.5 Å². The predicted molar refractivity (Wildman–Crippen MR) is 67.1 cm³/mol. The second kappa shape index (κ2) is 3.87. The van der Waals surface area contributed by atoms with Gasteiger partial charge in [-0.15, -0.1) is 5.10 Å². The monoisotopic (exact) mass is 223 g/mol. The van der Waals surface area contributed by atoms with Crippen LogP contribution in [0.15, 0.2) is 60.7 Å². The van der Waals surface area contributed by atoms with E-state index in [2.05, 4.69) is 5.10 Å². The first-order chi connectivity index (χ1) is 8.34. The lowest BCUT2D eigenvalue weighted by Gasteiger charge is -1.95. The van der Waals surface area contributed by atoms with Crippen molar-refractivity contribution in [2.45, 2.75) is 0 Å². The molecule has 0 saturated carbocycles. The van der Waals surface area contributed by atoms with E-state index in [1.54, 1.807) is 0 Å². The van der Waals surface area contributed by atoms with E-state index in [-0.39, 0.29) is 0 Å². The number of rotatable bonds is 1. The molecule has 0 radical (unpaired) electrons. The molecule has 0 aliphatic rings. The van der Waals surface area contributed by atoms with Crippen LogP contribution in [0, 0.1) is 4.91 Å². The molecule has 3 nitrogen and oxygen atoms in total. The molecule has 3 rings (SSSR count). The quantitative estimate of drug-likeness (QED) is 0.633. The van der Waals surface area contributed by atoms with Crippen molar-refractivity contribution < 1.29 is 4.54 Å². The maximum Gasteiger partial charge on any atom is 0.300 e. The number of nitrogens with one attached hydrogen (secondary N) is 1. The van der Waals surface area contributed by atoms with Gasteiger partial charge in [-0.2, -0.15) is 0 Å². The highest BCUT2D eigenvalue weighted by Crippen LogP contribution is 2.17. The molecule has 0 aliphatic carbocycles. The molecule has 1 heterocycles. The van der Waals surface area contributed by atoms with Crippen LogP contribution in [0.4, 0.5) is 0 Å². The Morgan fingerprint density at radius 3 is 2.41 bits per heavy atom. The van der Waals surface area contributed by atoms with Gasteiger partial charge in [0.2, 0.25) is 0 Å². The maximum atomic E-state index is 11.9. The van der Waals surface area contributed by atoms with Crippen molar-refractivity contribution in [1.29, 1.82) is 0 Å². The summed E-state index contributed by atoms with van der Waals surface area (Å²) in [7, 11) is 0. The Morgan fingerprint density at radius 1 is 0.882 bits per heavy atom. The number of nitrogens with zero attached hydrogens (tertiary/aromatic N) is 1. The van der Waals surface area contributed by atoms with Crippen LogP contribution in [-0.2, 0) is 0 Å². The number of H-pyrrole nitrogens is 1. The molecule has 0 unspecified atom stereocenters. The van der Waals surface area contributed by atoms with Crippen LogP contribution in [0.5, 0.6) is 0 Å². The summed E-state index contributed by atoms with van der Waals surface area (Å²) in [5, 5.41) is 3.84. The summed E-state index contributed by atoms with van der Waals surface area (Å²) in [6.45, 7) is 0. The van der Waals surface area contributed by atoms with Gasteiger partial charge in [-0.05, 0) is 18.2 Å². The van der Waals surface area contributed by atoms with Crippen molar-refractivity contribution in [2.24, 2.45) is 0 Å². The Hall–Kier alpha value is -2.42. The minimum Gasteiger partial charge on any atom is -0.114 e. The fraction of sp³-hybridized carbons (Fsp3) is 0. The third-order valence-corrected chi connectivity index (χ3v) is 2.76. The van der Waals surface area contributed by atoms with E-state index in [0.29, 0.717) is 5.69 Å². The highest BCUT2D eigenvalue weighted by molar-refractivity contribution is 5.80. The molecular weight excluding hydrogens is 212 g/mol. The lowest BCUT2D eigenvalue weighted by atomic mass is 10.1. The molecule has 0 atom stereocenters. The molecule has 0 aliphatic heterocycles. The zero-order valence-electron chi connectivity index (χ0n) is 9.13. The molecule has 1 aromatic heterocycles. The molecule has 3 heteroatoms. The van der Waals surface area contributed by atoms with E-state index in [1.165, 1.54) is 0 Å². The largest absolute Gasteiger partial charge is 0.300 e. The van der Waals surface area contributed by atoms with E-state index >= 15 is 0 Å². The molecule has 0 saturated heterocycles. The SMILES string of the molecule is O=[n+]1[nH]c2ccccc2cc1-c1ccccc1. The smallest absolute Gasteiger partial charge is 0.114 e. The first kappa shape index (κ1) is 9.78. The van der Waals surface area contributed by atoms with E-state index in [4.69, 9.17) is 0 Å². The molecule has 0 bridgehead atoms. The summed E-state index contributed by atoms with van der Waals surface area (Å²) in [6, 6.07) is 19.3. The highest BCUT2D eigenvalue weighted by atomic mass is 16.3. The fourth-order valence-electron chi connectivity index (χ4n) is 1.91. The van der Waals surface area contributed by atoms with Crippen molar-refractivity contribution in [3.05, 3.63) is 65.6 Å². The van der Waals surface area contributed by atoms with Gasteiger partial charge in [-0.3, -0.25) is 0 Å². The minimum atomic E-state index is 0.629. The predicted octanol–water partition coefficient (Wildman–Crippen LogP) is 2.75. The molecule has 1 N–H and O–H groups in total. The highest BCUT2D eigenvalue weighted by Gasteiger charge is 2.12. The van der Waals surface area contributed by atoms with Crippen molar-refractivity contribution in [3.8, 4) is 11.3 Å². The zero-order valence-corrected chi connectivity index (χ0v) is 9.13. The maximum absolute atomic E-state index is 11.9. The minimum absolute atomic E-state index is 0.629. The summed E-state index contributed by atoms with van der Waals surface area (Å²) >= 11 is 0. The molecule has 0 fully saturated rings. The Morgan fingerprint density at radius 2 is 1.59 bits per heavy atom. The number of aromatic amines is 1. The summed E-state index contributed by atoms with van der Waals surface area (Å²) in [5.74, 6) is 0. The first-order valence-corrected chi connectivity index (χ1v) is 5.45. The van der Waals surface area contributed by atoms with Gasteiger partial charge >= 0.3 is 0 Å². The fourth-order valence-corrected chi connectivity index (χ4v) is 1.91. The number of hydrogen-bond donors (Lipinski definition) is 1. The van der Waals surface area contributed by atoms with E-state index < -0.39 is 0 Å². The summed E-state index contributed by atoms with van der Waals surface area (Å²) < 4.78 is 0.803. The van der Waals surface area contributed by atoms with Gasteiger partial charge in [0.1, 0.15) is 5.52 Å². The number of benzene rings is 2. The van der Waals surface area contributed by atoms with Gasteiger partial charge < -0.3 is 0 Å². The van der Waals surface area contributed by atoms with Crippen LogP contribution >= 0.6 is 0 Å². The Labute approximate surface area is 97.9 Å². The van der Waals surface area contributed by atoms with Crippen LogP contribution in [0.2, 0.25) is 0 Å². The molecule has 0 amide bonds. The lowest BCUT2D eigenvalue weighted by Crippen LogP contribution is -2.22. The molecular formula is C14H11N2O+. The van der Waals surface area contributed by atoms with Crippen LogP contribution in [0.3, 0.4) is 0 Å². The van der Waals surface area contributed by atoms with Crippen LogP contribution in [0.25, 0.3) is 22.2 Å². The molecule has 17 heavy (non-hydrogen) atoms. The van der Waals surface area contributed by atoms with Crippen molar-refractivity contribution in [2.75, 3.05) is 0 Å².